The number of carbonyl (C=O) groups excluding carboxylic acids is 1. The molecule has 1 heterocycles. The molecule has 5 nitrogen and oxygen atoms in total. The van der Waals surface area contributed by atoms with E-state index >= 15 is 0 Å². The van der Waals surface area contributed by atoms with Crippen molar-refractivity contribution in [2.24, 2.45) is 16.3 Å². The zero-order chi connectivity index (χ0) is 12.2. The van der Waals surface area contributed by atoms with Gasteiger partial charge in [-0.25, -0.2) is 0 Å². The molecule has 16 heavy (non-hydrogen) atoms. The van der Waals surface area contributed by atoms with E-state index in [-0.39, 0.29) is 23.6 Å². The van der Waals surface area contributed by atoms with Gasteiger partial charge in [0.15, 0.2) is 0 Å². The summed E-state index contributed by atoms with van der Waals surface area (Å²) in [6.45, 7) is 5.93. The van der Waals surface area contributed by atoms with Crippen molar-refractivity contribution >= 4 is 11.7 Å². The molecular formula is C11H21N3O2. The second-order valence-electron chi connectivity index (χ2n) is 4.54. The molecule has 1 rings (SSSR count). The lowest BCUT2D eigenvalue weighted by Gasteiger charge is -2.26. The van der Waals surface area contributed by atoms with Gasteiger partial charge in [0.2, 0.25) is 5.91 Å². The second kappa shape index (κ2) is 5.18. The number of oxime groups is 1. The number of amides is 1. The predicted octanol–water partition coefficient (Wildman–Crippen LogP) is 1.16. The minimum absolute atomic E-state index is 0.0139. The standard InChI is InChI=1S/C11H21N3O2/c1-3-11(4-2)5-6-14(8-11)10(15)7-9(12)13-16/h16H,3-8H2,1-2H3,(H2,12,13). The summed E-state index contributed by atoms with van der Waals surface area (Å²) in [7, 11) is 0. The van der Waals surface area contributed by atoms with Crippen molar-refractivity contribution in [3.05, 3.63) is 0 Å². The fraction of sp³-hybridized carbons (Fsp3) is 0.818. The van der Waals surface area contributed by atoms with Crippen molar-refractivity contribution < 1.29 is 10.0 Å². The Balaban J connectivity index is 2.56. The van der Waals surface area contributed by atoms with Crippen molar-refractivity contribution in [1.82, 2.24) is 4.90 Å². The monoisotopic (exact) mass is 227 g/mol. The summed E-state index contributed by atoms with van der Waals surface area (Å²) in [6, 6.07) is 0. The first-order valence-corrected chi connectivity index (χ1v) is 5.81. The van der Waals surface area contributed by atoms with Crippen LogP contribution in [0.15, 0.2) is 5.16 Å². The van der Waals surface area contributed by atoms with Crippen LogP contribution in [0.2, 0.25) is 0 Å². The van der Waals surface area contributed by atoms with E-state index in [0.29, 0.717) is 0 Å². The van der Waals surface area contributed by atoms with Crippen molar-refractivity contribution in [3.63, 3.8) is 0 Å². The second-order valence-corrected chi connectivity index (χ2v) is 4.54. The number of carbonyl (C=O) groups is 1. The van der Waals surface area contributed by atoms with Crippen LogP contribution in [-0.2, 0) is 4.79 Å². The molecule has 5 heteroatoms. The number of likely N-dealkylation sites (tertiary alicyclic amines) is 1. The number of hydrogen-bond acceptors (Lipinski definition) is 3. The molecule has 0 bridgehead atoms. The highest BCUT2D eigenvalue weighted by Crippen LogP contribution is 2.37. The van der Waals surface area contributed by atoms with Gasteiger partial charge in [0.1, 0.15) is 5.84 Å². The summed E-state index contributed by atoms with van der Waals surface area (Å²) in [6.07, 6.45) is 3.26. The van der Waals surface area contributed by atoms with Crippen molar-refractivity contribution in [2.75, 3.05) is 13.1 Å². The van der Waals surface area contributed by atoms with E-state index in [1.807, 2.05) is 4.90 Å². The van der Waals surface area contributed by atoms with Gasteiger partial charge >= 0.3 is 0 Å². The molecule has 92 valence electrons. The summed E-state index contributed by atoms with van der Waals surface area (Å²) in [4.78, 5) is 13.6. The average Bonchev–Trinajstić information content (AvgIpc) is 2.74. The van der Waals surface area contributed by atoms with Crippen LogP contribution in [0, 0.1) is 5.41 Å². The maximum absolute atomic E-state index is 11.8. The highest BCUT2D eigenvalue weighted by molar-refractivity contribution is 5.98. The molecule has 0 aromatic carbocycles. The summed E-state index contributed by atoms with van der Waals surface area (Å²) < 4.78 is 0. The molecule has 0 saturated carbocycles. The molecule has 1 saturated heterocycles. The topological polar surface area (TPSA) is 78.9 Å². The van der Waals surface area contributed by atoms with Crippen LogP contribution in [-0.4, -0.2) is 34.9 Å². The van der Waals surface area contributed by atoms with Gasteiger partial charge in [0, 0.05) is 13.1 Å². The molecule has 0 radical (unpaired) electrons. The first kappa shape index (κ1) is 12.8. The van der Waals surface area contributed by atoms with E-state index in [2.05, 4.69) is 19.0 Å². The van der Waals surface area contributed by atoms with Gasteiger partial charge in [-0.15, -0.1) is 0 Å². The van der Waals surface area contributed by atoms with E-state index in [9.17, 15) is 4.79 Å². The lowest BCUT2D eigenvalue weighted by molar-refractivity contribution is -0.129. The number of amidine groups is 1. The third kappa shape index (κ3) is 2.65. The molecule has 0 unspecified atom stereocenters. The Morgan fingerprint density at radius 3 is 2.56 bits per heavy atom. The Kier molecular flexibility index (Phi) is 4.15. The molecule has 0 aliphatic carbocycles. The van der Waals surface area contributed by atoms with E-state index < -0.39 is 0 Å². The molecule has 1 fully saturated rings. The summed E-state index contributed by atoms with van der Waals surface area (Å²) in [5.74, 6) is -0.0606. The molecule has 1 aliphatic rings. The number of rotatable bonds is 4. The minimum atomic E-state index is -0.0425. The van der Waals surface area contributed by atoms with Crippen LogP contribution in [0.5, 0.6) is 0 Å². The highest BCUT2D eigenvalue weighted by Gasteiger charge is 2.36. The van der Waals surface area contributed by atoms with Crippen LogP contribution in [0.4, 0.5) is 0 Å². The van der Waals surface area contributed by atoms with Gasteiger partial charge in [-0.05, 0) is 24.7 Å². The summed E-state index contributed by atoms with van der Waals surface area (Å²) in [5.41, 5.74) is 5.61. The van der Waals surface area contributed by atoms with E-state index in [4.69, 9.17) is 10.9 Å². The van der Waals surface area contributed by atoms with Crippen molar-refractivity contribution in [2.45, 2.75) is 39.5 Å². The van der Waals surface area contributed by atoms with E-state index in [0.717, 1.165) is 32.4 Å². The zero-order valence-corrected chi connectivity index (χ0v) is 10.1. The summed E-state index contributed by atoms with van der Waals surface area (Å²) in [5, 5.41) is 11.2. The SMILES string of the molecule is CCC1(CC)CCN(C(=O)CC(N)=NO)C1. The van der Waals surface area contributed by atoms with Gasteiger partial charge in [-0.3, -0.25) is 4.79 Å². The molecular weight excluding hydrogens is 206 g/mol. The fourth-order valence-electron chi connectivity index (χ4n) is 2.28. The van der Waals surface area contributed by atoms with Crippen LogP contribution in [0.3, 0.4) is 0 Å². The van der Waals surface area contributed by atoms with Crippen LogP contribution < -0.4 is 5.73 Å². The normalized spacial score (nSPS) is 20.1. The van der Waals surface area contributed by atoms with Crippen molar-refractivity contribution in [1.29, 1.82) is 0 Å². The third-order valence-corrected chi connectivity index (χ3v) is 3.75. The Labute approximate surface area is 96.3 Å². The Hall–Kier alpha value is -1.26. The van der Waals surface area contributed by atoms with E-state index in [1.165, 1.54) is 0 Å². The molecule has 0 aromatic rings. The van der Waals surface area contributed by atoms with Crippen LogP contribution in [0.25, 0.3) is 0 Å². The first-order valence-electron chi connectivity index (χ1n) is 5.81. The largest absolute Gasteiger partial charge is 0.409 e. The smallest absolute Gasteiger partial charge is 0.230 e. The fourth-order valence-corrected chi connectivity index (χ4v) is 2.28. The van der Waals surface area contributed by atoms with Gasteiger partial charge in [-0.2, -0.15) is 0 Å². The molecule has 0 atom stereocenters. The Bertz CT molecular complexity index is 285. The molecule has 0 spiro atoms. The lowest BCUT2D eigenvalue weighted by Crippen LogP contribution is -2.34. The molecule has 1 amide bonds. The maximum Gasteiger partial charge on any atom is 0.230 e. The average molecular weight is 227 g/mol. The van der Waals surface area contributed by atoms with Crippen LogP contribution >= 0.6 is 0 Å². The quantitative estimate of drug-likeness (QED) is 0.327. The highest BCUT2D eigenvalue weighted by atomic mass is 16.4. The Morgan fingerprint density at radius 1 is 1.50 bits per heavy atom. The summed E-state index contributed by atoms with van der Waals surface area (Å²) >= 11 is 0. The van der Waals surface area contributed by atoms with Gasteiger partial charge in [0.25, 0.3) is 0 Å². The number of nitrogens with two attached hydrogens (primary N) is 1. The Morgan fingerprint density at radius 2 is 2.12 bits per heavy atom. The maximum atomic E-state index is 11.8. The zero-order valence-electron chi connectivity index (χ0n) is 10.1. The lowest BCUT2D eigenvalue weighted by atomic mass is 9.82. The van der Waals surface area contributed by atoms with Gasteiger partial charge in [-0.1, -0.05) is 19.0 Å². The minimum Gasteiger partial charge on any atom is -0.409 e. The third-order valence-electron chi connectivity index (χ3n) is 3.75. The molecule has 1 aliphatic heterocycles. The van der Waals surface area contributed by atoms with Gasteiger partial charge in [0.05, 0.1) is 6.42 Å². The molecule has 3 N–H and O–H groups in total. The predicted molar refractivity (Wildman–Crippen MR) is 62.2 cm³/mol. The van der Waals surface area contributed by atoms with Gasteiger partial charge < -0.3 is 15.8 Å². The first-order chi connectivity index (χ1) is 7.56. The molecule has 0 aromatic heterocycles. The number of hydrogen-bond donors (Lipinski definition) is 2. The number of nitrogens with zero attached hydrogens (tertiary/aromatic N) is 2. The van der Waals surface area contributed by atoms with E-state index in [1.54, 1.807) is 0 Å². The van der Waals surface area contributed by atoms with Crippen molar-refractivity contribution in [3.8, 4) is 0 Å². The van der Waals surface area contributed by atoms with Crippen LogP contribution in [0.1, 0.15) is 39.5 Å².